The van der Waals surface area contributed by atoms with E-state index < -0.39 is 0 Å². The molecule has 0 radical (unpaired) electrons. The van der Waals surface area contributed by atoms with Gasteiger partial charge in [0.05, 0.1) is 12.5 Å². The van der Waals surface area contributed by atoms with Gasteiger partial charge >= 0.3 is 0 Å². The Balaban J connectivity index is 1.87. The standard InChI is InChI=1S/C24H19ClO4/c1-15-12-21-19(13-20(15)25)22(26)24(28-14-16-6-4-3-5-7-16)23(29-21)17-8-10-18(27-2)11-9-17/h3-13H,14H2,1-2H3. The van der Waals surface area contributed by atoms with Gasteiger partial charge in [-0.15, -0.1) is 0 Å². The Hall–Kier alpha value is -3.24. The number of benzene rings is 3. The number of halogens is 1. The van der Waals surface area contributed by atoms with Gasteiger partial charge in [0.2, 0.25) is 11.2 Å². The van der Waals surface area contributed by atoms with Crippen molar-refractivity contribution in [2.24, 2.45) is 0 Å². The largest absolute Gasteiger partial charge is 0.497 e. The summed E-state index contributed by atoms with van der Waals surface area (Å²) in [7, 11) is 1.60. The summed E-state index contributed by atoms with van der Waals surface area (Å²) in [5.74, 6) is 1.25. The molecule has 0 fully saturated rings. The van der Waals surface area contributed by atoms with Crippen molar-refractivity contribution in [3.8, 4) is 22.8 Å². The fourth-order valence-corrected chi connectivity index (χ4v) is 3.26. The summed E-state index contributed by atoms with van der Waals surface area (Å²) in [5, 5.41) is 0.900. The molecule has 29 heavy (non-hydrogen) atoms. The normalized spacial score (nSPS) is 10.9. The lowest BCUT2D eigenvalue weighted by molar-refractivity contribution is 0.298. The summed E-state index contributed by atoms with van der Waals surface area (Å²) >= 11 is 6.24. The topological polar surface area (TPSA) is 48.7 Å². The van der Waals surface area contributed by atoms with Crippen LogP contribution in [0.4, 0.5) is 0 Å². The molecule has 5 heteroatoms. The van der Waals surface area contributed by atoms with Crippen molar-refractivity contribution in [1.29, 1.82) is 0 Å². The van der Waals surface area contributed by atoms with Gasteiger partial charge in [0, 0.05) is 10.6 Å². The first kappa shape index (κ1) is 19.1. The monoisotopic (exact) mass is 406 g/mol. The summed E-state index contributed by atoms with van der Waals surface area (Å²) in [6.07, 6.45) is 0. The highest BCUT2D eigenvalue weighted by atomic mass is 35.5. The van der Waals surface area contributed by atoms with Crippen LogP contribution in [0.5, 0.6) is 11.5 Å². The molecule has 3 aromatic carbocycles. The van der Waals surface area contributed by atoms with Crippen LogP contribution in [-0.2, 0) is 6.61 Å². The molecule has 4 aromatic rings. The van der Waals surface area contributed by atoms with Gasteiger partial charge in [-0.05, 0) is 54.4 Å². The van der Waals surface area contributed by atoms with Gasteiger partial charge in [-0.2, -0.15) is 0 Å². The predicted molar refractivity (Wildman–Crippen MR) is 115 cm³/mol. The Kier molecular flexibility index (Phi) is 5.28. The second-order valence-corrected chi connectivity index (χ2v) is 7.10. The molecule has 146 valence electrons. The van der Waals surface area contributed by atoms with Crippen molar-refractivity contribution in [3.63, 3.8) is 0 Å². The first-order valence-corrected chi connectivity index (χ1v) is 9.52. The first-order valence-electron chi connectivity index (χ1n) is 9.15. The quantitative estimate of drug-likeness (QED) is 0.407. The van der Waals surface area contributed by atoms with Gasteiger partial charge in [0.25, 0.3) is 0 Å². The third-order valence-electron chi connectivity index (χ3n) is 4.71. The Labute approximate surface area is 173 Å². The second-order valence-electron chi connectivity index (χ2n) is 6.69. The second kappa shape index (κ2) is 8.02. The van der Waals surface area contributed by atoms with Crippen LogP contribution in [0.2, 0.25) is 5.02 Å². The van der Waals surface area contributed by atoms with Gasteiger partial charge in [-0.3, -0.25) is 4.79 Å². The van der Waals surface area contributed by atoms with Crippen LogP contribution in [-0.4, -0.2) is 7.11 Å². The molecular weight excluding hydrogens is 388 g/mol. The minimum absolute atomic E-state index is 0.159. The molecule has 0 aliphatic carbocycles. The number of methoxy groups -OCH3 is 1. The molecular formula is C24H19ClO4. The molecule has 0 bridgehead atoms. The fourth-order valence-electron chi connectivity index (χ4n) is 3.09. The maximum absolute atomic E-state index is 13.3. The van der Waals surface area contributed by atoms with Gasteiger partial charge in [0.15, 0.2) is 5.76 Å². The van der Waals surface area contributed by atoms with E-state index >= 15 is 0 Å². The molecule has 0 aliphatic heterocycles. The Bertz CT molecular complexity index is 1210. The van der Waals surface area contributed by atoms with Crippen molar-refractivity contribution in [1.82, 2.24) is 0 Å². The summed E-state index contributed by atoms with van der Waals surface area (Å²) in [5.41, 5.74) is 2.72. The molecule has 4 rings (SSSR count). The number of aryl methyl sites for hydroxylation is 1. The average Bonchev–Trinajstić information content (AvgIpc) is 2.75. The first-order chi connectivity index (χ1) is 14.1. The number of ether oxygens (including phenoxy) is 2. The van der Waals surface area contributed by atoms with Crippen molar-refractivity contribution >= 4 is 22.6 Å². The molecule has 0 amide bonds. The molecule has 0 saturated carbocycles. The highest BCUT2D eigenvalue weighted by Gasteiger charge is 2.19. The van der Waals surface area contributed by atoms with Crippen molar-refractivity contribution in [2.45, 2.75) is 13.5 Å². The lowest BCUT2D eigenvalue weighted by atomic mass is 10.1. The molecule has 0 spiro atoms. The zero-order valence-electron chi connectivity index (χ0n) is 16.1. The zero-order valence-corrected chi connectivity index (χ0v) is 16.8. The molecule has 0 N–H and O–H groups in total. The van der Waals surface area contributed by atoms with Crippen LogP contribution in [0.3, 0.4) is 0 Å². The summed E-state index contributed by atoms with van der Waals surface area (Å²) in [4.78, 5) is 13.3. The van der Waals surface area contributed by atoms with E-state index in [0.29, 0.717) is 27.5 Å². The summed E-state index contributed by atoms with van der Waals surface area (Å²) < 4.78 is 17.3. The van der Waals surface area contributed by atoms with E-state index in [9.17, 15) is 4.79 Å². The molecule has 1 aromatic heterocycles. The molecule has 0 atom stereocenters. The van der Waals surface area contributed by atoms with Gasteiger partial charge in [-0.1, -0.05) is 41.9 Å². The smallest absolute Gasteiger partial charge is 0.235 e. The maximum Gasteiger partial charge on any atom is 0.235 e. The maximum atomic E-state index is 13.3. The lowest BCUT2D eigenvalue weighted by Gasteiger charge is -2.13. The highest BCUT2D eigenvalue weighted by Crippen LogP contribution is 2.34. The Morgan fingerprint density at radius 1 is 1.00 bits per heavy atom. The van der Waals surface area contributed by atoms with Crippen LogP contribution in [0.15, 0.2) is 75.9 Å². The SMILES string of the molecule is COc1ccc(-c2oc3cc(C)c(Cl)cc3c(=O)c2OCc2ccccc2)cc1. The third kappa shape index (κ3) is 3.84. The van der Waals surface area contributed by atoms with Crippen LogP contribution >= 0.6 is 11.6 Å². The van der Waals surface area contributed by atoms with E-state index in [1.165, 1.54) is 0 Å². The summed E-state index contributed by atoms with van der Waals surface area (Å²) in [6.45, 7) is 2.12. The Morgan fingerprint density at radius 3 is 2.41 bits per heavy atom. The molecule has 4 nitrogen and oxygen atoms in total. The third-order valence-corrected chi connectivity index (χ3v) is 5.12. The van der Waals surface area contributed by atoms with Crippen LogP contribution < -0.4 is 14.9 Å². The van der Waals surface area contributed by atoms with Crippen LogP contribution in [0, 0.1) is 6.92 Å². The van der Waals surface area contributed by atoms with E-state index in [1.807, 2.05) is 61.5 Å². The number of fused-ring (bicyclic) bond motifs is 1. The van der Waals surface area contributed by atoms with E-state index in [0.717, 1.165) is 16.7 Å². The number of rotatable bonds is 5. The molecule has 0 unspecified atom stereocenters. The molecule has 0 aliphatic rings. The fraction of sp³-hybridized carbons (Fsp3) is 0.125. The van der Waals surface area contributed by atoms with E-state index in [4.69, 9.17) is 25.5 Å². The van der Waals surface area contributed by atoms with Crippen molar-refractivity contribution in [2.75, 3.05) is 7.11 Å². The molecule has 0 saturated heterocycles. The highest BCUT2D eigenvalue weighted by molar-refractivity contribution is 6.32. The van der Waals surface area contributed by atoms with Crippen molar-refractivity contribution in [3.05, 3.63) is 93.1 Å². The summed E-state index contributed by atoms with van der Waals surface area (Å²) in [6, 6.07) is 20.4. The van der Waals surface area contributed by atoms with Gasteiger partial charge < -0.3 is 13.9 Å². The number of hydrogen-bond acceptors (Lipinski definition) is 4. The predicted octanol–water partition coefficient (Wildman–Crippen LogP) is 6.01. The van der Waals surface area contributed by atoms with Crippen molar-refractivity contribution < 1.29 is 13.9 Å². The van der Waals surface area contributed by atoms with Crippen LogP contribution in [0.1, 0.15) is 11.1 Å². The average molecular weight is 407 g/mol. The number of hydrogen-bond donors (Lipinski definition) is 0. The zero-order chi connectivity index (χ0) is 20.4. The minimum atomic E-state index is -0.255. The van der Waals surface area contributed by atoms with Gasteiger partial charge in [0.1, 0.15) is 17.9 Å². The van der Waals surface area contributed by atoms with E-state index in [-0.39, 0.29) is 17.8 Å². The van der Waals surface area contributed by atoms with E-state index in [1.54, 1.807) is 19.2 Å². The van der Waals surface area contributed by atoms with E-state index in [2.05, 4.69) is 0 Å². The lowest BCUT2D eigenvalue weighted by Crippen LogP contribution is -2.10. The Morgan fingerprint density at radius 2 is 1.72 bits per heavy atom. The minimum Gasteiger partial charge on any atom is -0.497 e. The van der Waals surface area contributed by atoms with Gasteiger partial charge in [-0.25, -0.2) is 0 Å². The molecule has 1 heterocycles. The van der Waals surface area contributed by atoms with Crippen LogP contribution in [0.25, 0.3) is 22.3 Å².